The summed E-state index contributed by atoms with van der Waals surface area (Å²) in [6.07, 6.45) is 3.27. The van der Waals surface area contributed by atoms with Crippen molar-refractivity contribution in [1.82, 2.24) is 30.3 Å². The standard InChI is InChI=1S/C22H26N6O2/c1-27(14-18-8-4-2-5-9-18)22(30)24-13-12-21(29)26-20(15-28-17-23-16-25-28)19-10-6-3-7-11-19/h2-11,16-17,20H,12-15H2,1H3,(H,24,30)(H,26,29). The molecule has 1 aromatic heterocycles. The van der Waals surface area contributed by atoms with Crippen molar-refractivity contribution in [3.05, 3.63) is 84.4 Å². The topological polar surface area (TPSA) is 92.2 Å². The molecule has 0 aliphatic rings. The Kier molecular flexibility index (Phi) is 7.54. The minimum Gasteiger partial charge on any atom is -0.347 e. The van der Waals surface area contributed by atoms with Gasteiger partial charge in [-0.1, -0.05) is 60.7 Å². The molecule has 3 rings (SSSR count). The summed E-state index contributed by atoms with van der Waals surface area (Å²) in [4.78, 5) is 30.3. The van der Waals surface area contributed by atoms with Gasteiger partial charge < -0.3 is 15.5 Å². The molecule has 0 saturated carbocycles. The van der Waals surface area contributed by atoms with E-state index in [1.165, 1.54) is 6.33 Å². The second kappa shape index (κ2) is 10.8. The van der Waals surface area contributed by atoms with Crippen molar-refractivity contribution in [1.29, 1.82) is 0 Å². The van der Waals surface area contributed by atoms with E-state index in [9.17, 15) is 9.59 Å². The molecule has 30 heavy (non-hydrogen) atoms. The third-order valence-corrected chi connectivity index (χ3v) is 4.61. The van der Waals surface area contributed by atoms with Crippen LogP contribution in [0.5, 0.6) is 0 Å². The molecule has 156 valence electrons. The number of nitrogens with one attached hydrogen (secondary N) is 2. The normalized spacial score (nSPS) is 11.5. The van der Waals surface area contributed by atoms with E-state index < -0.39 is 0 Å². The molecule has 2 N–H and O–H groups in total. The molecule has 3 amide bonds. The highest BCUT2D eigenvalue weighted by Gasteiger charge is 2.16. The quantitative estimate of drug-likeness (QED) is 0.571. The van der Waals surface area contributed by atoms with Gasteiger partial charge >= 0.3 is 6.03 Å². The Morgan fingerprint density at radius 3 is 2.43 bits per heavy atom. The molecular weight excluding hydrogens is 380 g/mol. The summed E-state index contributed by atoms with van der Waals surface area (Å²) in [5.41, 5.74) is 2.03. The molecule has 8 heteroatoms. The van der Waals surface area contributed by atoms with E-state index in [1.807, 2.05) is 60.7 Å². The van der Waals surface area contributed by atoms with E-state index in [2.05, 4.69) is 20.7 Å². The highest BCUT2D eigenvalue weighted by atomic mass is 16.2. The lowest BCUT2D eigenvalue weighted by molar-refractivity contribution is -0.121. The fourth-order valence-electron chi connectivity index (χ4n) is 3.05. The van der Waals surface area contributed by atoms with Crippen molar-refractivity contribution >= 4 is 11.9 Å². The number of amides is 3. The summed E-state index contributed by atoms with van der Waals surface area (Å²) >= 11 is 0. The molecule has 8 nitrogen and oxygen atoms in total. The third-order valence-electron chi connectivity index (χ3n) is 4.61. The van der Waals surface area contributed by atoms with Crippen LogP contribution in [0.2, 0.25) is 0 Å². The van der Waals surface area contributed by atoms with Crippen molar-refractivity contribution in [2.75, 3.05) is 13.6 Å². The maximum absolute atomic E-state index is 12.5. The zero-order valence-corrected chi connectivity index (χ0v) is 16.9. The lowest BCUT2D eigenvalue weighted by Crippen LogP contribution is -2.39. The highest BCUT2D eigenvalue weighted by Crippen LogP contribution is 2.14. The van der Waals surface area contributed by atoms with Crippen LogP contribution in [0.1, 0.15) is 23.6 Å². The van der Waals surface area contributed by atoms with Crippen LogP contribution in [0.3, 0.4) is 0 Å². The van der Waals surface area contributed by atoms with Crippen LogP contribution in [0.25, 0.3) is 0 Å². The molecule has 0 bridgehead atoms. The summed E-state index contributed by atoms with van der Waals surface area (Å²) in [6.45, 7) is 1.24. The second-order valence-electron chi connectivity index (χ2n) is 6.97. The zero-order chi connectivity index (χ0) is 21.2. The summed E-state index contributed by atoms with van der Waals surface area (Å²) in [5, 5.41) is 9.93. The predicted octanol–water partition coefficient (Wildman–Crippen LogP) is 2.37. The summed E-state index contributed by atoms with van der Waals surface area (Å²) < 4.78 is 1.68. The van der Waals surface area contributed by atoms with Crippen LogP contribution in [-0.2, 0) is 17.9 Å². The Balaban J connectivity index is 1.47. The van der Waals surface area contributed by atoms with Gasteiger partial charge in [-0.05, 0) is 11.1 Å². The SMILES string of the molecule is CN(Cc1ccccc1)C(=O)NCCC(=O)NC(Cn1cncn1)c1ccccc1. The van der Waals surface area contributed by atoms with E-state index in [0.29, 0.717) is 13.1 Å². The van der Waals surface area contributed by atoms with Gasteiger partial charge in [0.15, 0.2) is 0 Å². The van der Waals surface area contributed by atoms with E-state index in [4.69, 9.17) is 0 Å². The predicted molar refractivity (Wildman–Crippen MR) is 113 cm³/mol. The maximum atomic E-state index is 12.5. The molecule has 0 aliphatic carbocycles. The summed E-state index contributed by atoms with van der Waals surface area (Å²) in [5.74, 6) is -0.144. The number of carbonyl (C=O) groups excluding carboxylic acids is 2. The van der Waals surface area contributed by atoms with Gasteiger partial charge in [0, 0.05) is 26.6 Å². The van der Waals surface area contributed by atoms with Crippen LogP contribution in [0, 0.1) is 0 Å². The largest absolute Gasteiger partial charge is 0.347 e. The van der Waals surface area contributed by atoms with E-state index in [0.717, 1.165) is 11.1 Å². The monoisotopic (exact) mass is 406 g/mol. The Bertz CT molecular complexity index is 915. The van der Waals surface area contributed by atoms with Crippen molar-refractivity contribution in [2.45, 2.75) is 25.6 Å². The number of aromatic nitrogens is 3. The average molecular weight is 406 g/mol. The first-order chi connectivity index (χ1) is 14.6. The van der Waals surface area contributed by atoms with Crippen molar-refractivity contribution in [3.8, 4) is 0 Å². The Hall–Kier alpha value is -3.68. The summed E-state index contributed by atoms with van der Waals surface area (Å²) in [6, 6.07) is 19.0. The van der Waals surface area contributed by atoms with E-state index >= 15 is 0 Å². The van der Waals surface area contributed by atoms with Crippen molar-refractivity contribution < 1.29 is 9.59 Å². The van der Waals surface area contributed by atoms with Gasteiger partial charge in [0.05, 0.1) is 12.6 Å². The molecular formula is C22H26N6O2. The van der Waals surface area contributed by atoms with Crippen LogP contribution in [0.15, 0.2) is 73.3 Å². The summed E-state index contributed by atoms with van der Waals surface area (Å²) in [7, 11) is 1.73. The zero-order valence-electron chi connectivity index (χ0n) is 16.9. The van der Waals surface area contributed by atoms with Gasteiger partial charge in [0.25, 0.3) is 0 Å². The first-order valence-electron chi connectivity index (χ1n) is 9.81. The van der Waals surface area contributed by atoms with Gasteiger partial charge in [-0.15, -0.1) is 0 Å². The van der Waals surface area contributed by atoms with Gasteiger partial charge in [0.1, 0.15) is 12.7 Å². The minimum atomic E-state index is -0.239. The number of carbonyl (C=O) groups is 2. The maximum Gasteiger partial charge on any atom is 0.317 e. The number of rotatable bonds is 9. The molecule has 1 atom stereocenters. The molecule has 1 unspecified atom stereocenters. The number of hydrogen-bond acceptors (Lipinski definition) is 4. The van der Waals surface area contributed by atoms with E-state index in [-0.39, 0.29) is 30.9 Å². The van der Waals surface area contributed by atoms with Crippen LogP contribution < -0.4 is 10.6 Å². The Labute approximate surface area is 175 Å². The molecule has 0 radical (unpaired) electrons. The first kappa shape index (κ1) is 21.0. The lowest BCUT2D eigenvalue weighted by Gasteiger charge is -2.20. The number of nitrogens with zero attached hydrogens (tertiary/aromatic N) is 4. The van der Waals surface area contributed by atoms with Gasteiger partial charge in [0.2, 0.25) is 5.91 Å². The fourth-order valence-corrected chi connectivity index (χ4v) is 3.05. The fraction of sp³-hybridized carbons (Fsp3) is 0.273. The molecule has 2 aromatic carbocycles. The second-order valence-corrected chi connectivity index (χ2v) is 6.97. The van der Waals surface area contributed by atoms with E-state index in [1.54, 1.807) is 23.0 Å². The Morgan fingerprint density at radius 1 is 1.07 bits per heavy atom. The molecule has 0 saturated heterocycles. The highest BCUT2D eigenvalue weighted by molar-refractivity contribution is 5.78. The Morgan fingerprint density at radius 2 is 1.77 bits per heavy atom. The molecule has 0 aliphatic heterocycles. The van der Waals surface area contributed by atoms with Crippen LogP contribution in [-0.4, -0.2) is 45.2 Å². The number of hydrogen-bond donors (Lipinski definition) is 2. The molecule has 0 fully saturated rings. The average Bonchev–Trinajstić information content (AvgIpc) is 3.27. The first-order valence-corrected chi connectivity index (χ1v) is 9.81. The van der Waals surface area contributed by atoms with Gasteiger partial charge in [-0.3, -0.25) is 9.48 Å². The number of urea groups is 1. The third kappa shape index (κ3) is 6.44. The van der Waals surface area contributed by atoms with Crippen LogP contribution in [0.4, 0.5) is 4.79 Å². The molecule has 3 aromatic rings. The molecule has 1 heterocycles. The number of benzene rings is 2. The lowest BCUT2D eigenvalue weighted by atomic mass is 10.1. The van der Waals surface area contributed by atoms with Crippen LogP contribution >= 0.6 is 0 Å². The smallest absolute Gasteiger partial charge is 0.317 e. The van der Waals surface area contributed by atoms with Crippen molar-refractivity contribution in [2.24, 2.45) is 0 Å². The van der Waals surface area contributed by atoms with Gasteiger partial charge in [-0.25, -0.2) is 9.78 Å². The van der Waals surface area contributed by atoms with Gasteiger partial charge in [-0.2, -0.15) is 5.10 Å². The van der Waals surface area contributed by atoms with Crippen molar-refractivity contribution in [3.63, 3.8) is 0 Å². The minimum absolute atomic E-state index is 0.144. The molecule has 0 spiro atoms.